The van der Waals surface area contributed by atoms with Crippen LogP contribution < -0.4 is 5.32 Å². The van der Waals surface area contributed by atoms with Crippen molar-refractivity contribution < 1.29 is 0 Å². The zero-order chi connectivity index (χ0) is 12.5. The van der Waals surface area contributed by atoms with Crippen molar-refractivity contribution in [3.63, 3.8) is 0 Å². The fourth-order valence-corrected chi connectivity index (χ4v) is 2.01. The van der Waals surface area contributed by atoms with Gasteiger partial charge >= 0.3 is 0 Å². The van der Waals surface area contributed by atoms with Crippen LogP contribution in [0.4, 0.5) is 5.69 Å². The van der Waals surface area contributed by atoms with Crippen molar-refractivity contribution in [2.24, 2.45) is 5.92 Å². The molecule has 1 atom stereocenters. The second kappa shape index (κ2) is 8.41. The highest BCUT2D eigenvalue weighted by molar-refractivity contribution is 6.30. The quantitative estimate of drug-likeness (QED) is 0.615. The molecule has 1 rings (SSSR count). The maximum Gasteiger partial charge on any atom is 0.0407 e. The first-order valence-electron chi connectivity index (χ1n) is 6.71. The van der Waals surface area contributed by atoms with Gasteiger partial charge in [0, 0.05) is 17.3 Å². The molecule has 1 unspecified atom stereocenters. The van der Waals surface area contributed by atoms with Crippen molar-refractivity contribution in [3.05, 3.63) is 29.3 Å². The van der Waals surface area contributed by atoms with Crippen LogP contribution in [0.5, 0.6) is 0 Å². The van der Waals surface area contributed by atoms with Crippen LogP contribution >= 0.6 is 11.6 Å². The fraction of sp³-hybridized carbons (Fsp3) is 0.600. The summed E-state index contributed by atoms with van der Waals surface area (Å²) in [5.41, 5.74) is 1.16. The molecule has 1 aromatic rings. The van der Waals surface area contributed by atoms with Crippen molar-refractivity contribution in [2.45, 2.75) is 46.0 Å². The summed E-state index contributed by atoms with van der Waals surface area (Å²) in [6.45, 7) is 5.62. The first-order chi connectivity index (χ1) is 8.22. The van der Waals surface area contributed by atoms with Crippen molar-refractivity contribution >= 4 is 17.3 Å². The summed E-state index contributed by atoms with van der Waals surface area (Å²) in [7, 11) is 0. The third-order valence-corrected chi connectivity index (χ3v) is 3.30. The van der Waals surface area contributed by atoms with E-state index in [2.05, 4.69) is 19.2 Å². The zero-order valence-corrected chi connectivity index (χ0v) is 11.8. The van der Waals surface area contributed by atoms with E-state index in [0.717, 1.165) is 23.2 Å². The van der Waals surface area contributed by atoms with Gasteiger partial charge in [0.15, 0.2) is 0 Å². The van der Waals surface area contributed by atoms with Crippen molar-refractivity contribution in [1.29, 1.82) is 0 Å². The minimum Gasteiger partial charge on any atom is -0.385 e. The Kier molecular flexibility index (Phi) is 7.11. The Morgan fingerprint density at radius 1 is 1.12 bits per heavy atom. The van der Waals surface area contributed by atoms with Crippen LogP contribution in [0, 0.1) is 5.92 Å². The lowest BCUT2D eigenvalue weighted by Crippen LogP contribution is -2.11. The van der Waals surface area contributed by atoms with E-state index in [1.54, 1.807) is 0 Å². The standard InChI is InChI=1S/C15H24ClN/c1-3-4-5-6-7-13(2)12-17-15-10-8-14(16)9-11-15/h8-11,13,17H,3-7,12H2,1-2H3. The average Bonchev–Trinajstić information content (AvgIpc) is 2.34. The summed E-state index contributed by atoms with van der Waals surface area (Å²) < 4.78 is 0. The van der Waals surface area contributed by atoms with E-state index in [4.69, 9.17) is 11.6 Å². The Hall–Kier alpha value is -0.690. The molecule has 0 radical (unpaired) electrons. The third-order valence-electron chi connectivity index (χ3n) is 3.05. The minimum atomic E-state index is 0.738. The van der Waals surface area contributed by atoms with Gasteiger partial charge in [0.1, 0.15) is 0 Å². The molecule has 0 aromatic heterocycles. The normalized spacial score (nSPS) is 12.4. The first kappa shape index (κ1) is 14.4. The van der Waals surface area contributed by atoms with Crippen molar-refractivity contribution in [2.75, 3.05) is 11.9 Å². The first-order valence-corrected chi connectivity index (χ1v) is 7.09. The molecule has 0 saturated carbocycles. The number of benzene rings is 1. The van der Waals surface area contributed by atoms with Crippen LogP contribution in [0.1, 0.15) is 46.0 Å². The van der Waals surface area contributed by atoms with E-state index in [0.29, 0.717) is 0 Å². The molecule has 0 bridgehead atoms. The second-order valence-corrected chi connectivity index (χ2v) is 5.28. The zero-order valence-electron chi connectivity index (χ0n) is 11.0. The molecular formula is C15H24ClN. The van der Waals surface area contributed by atoms with E-state index in [1.165, 1.54) is 32.1 Å². The Morgan fingerprint density at radius 2 is 1.82 bits per heavy atom. The van der Waals surface area contributed by atoms with Gasteiger partial charge in [-0.25, -0.2) is 0 Å². The van der Waals surface area contributed by atoms with Gasteiger partial charge < -0.3 is 5.32 Å². The van der Waals surface area contributed by atoms with Crippen LogP contribution in [0.2, 0.25) is 5.02 Å². The molecule has 0 saturated heterocycles. The molecule has 1 nitrogen and oxygen atoms in total. The largest absolute Gasteiger partial charge is 0.385 e. The summed E-state index contributed by atoms with van der Waals surface area (Å²) in [5.74, 6) is 0.738. The average molecular weight is 254 g/mol. The van der Waals surface area contributed by atoms with Gasteiger partial charge in [-0.2, -0.15) is 0 Å². The second-order valence-electron chi connectivity index (χ2n) is 4.84. The number of hydrogen-bond acceptors (Lipinski definition) is 1. The van der Waals surface area contributed by atoms with Gasteiger partial charge in [0.2, 0.25) is 0 Å². The Balaban J connectivity index is 2.14. The third kappa shape index (κ3) is 6.58. The van der Waals surface area contributed by atoms with Crippen molar-refractivity contribution in [3.8, 4) is 0 Å². The number of hydrogen-bond donors (Lipinski definition) is 1. The molecule has 2 heteroatoms. The number of rotatable bonds is 8. The van der Waals surface area contributed by atoms with Gasteiger partial charge in [-0.3, -0.25) is 0 Å². The number of nitrogens with one attached hydrogen (secondary N) is 1. The van der Waals surface area contributed by atoms with Gasteiger partial charge in [-0.1, -0.05) is 51.1 Å². The number of anilines is 1. The molecule has 0 aliphatic carbocycles. The van der Waals surface area contributed by atoms with Gasteiger partial charge in [-0.05, 0) is 36.6 Å². The lowest BCUT2D eigenvalue weighted by Gasteiger charge is -2.13. The Bertz CT molecular complexity index is 294. The lowest BCUT2D eigenvalue weighted by molar-refractivity contribution is 0.508. The van der Waals surface area contributed by atoms with Crippen LogP contribution in [-0.4, -0.2) is 6.54 Å². The molecule has 1 N–H and O–H groups in total. The molecule has 0 aliphatic rings. The van der Waals surface area contributed by atoms with E-state index >= 15 is 0 Å². The highest BCUT2D eigenvalue weighted by Crippen LogP contribution is 2.15. The fourth-order valence-electron chi connectivity index (χ4n) is 1.88. The molecule has 1 aromatic carbocycles. The molecular weight excluding hydrogens is 230 g/mol. The minimum absolute atomic E-state index is 0.738. The van der Waals surface area contributed by atoms with Gasteiger partial charge in [-0.15, -0.1) is 0 Å². The molecule has 96 valence electrons. The molecule has 17 heavy (non-hydrogen) atoms. The van der Waals surface area contributed by atoms with Crippen LogP contribution in [0.3, 0.4) is 0 Å². The maximum atomic E-state index is 5.84. The number of unbranched alkanes of at least 4 members (excludes halogenated alkanes) is 3. The Labute approximate surface area is 111 Å². The summed E-state index contributed by atoms with van der Waals surface area (Å²) in [6.07, 6.45) is 6.74. The topological polar surface area (TPSA) is 12.0 Å². The summed E-state index contributed by atoms with van der Waals surface area (Å²) >= 11 is 5.84. The van der Waals surface area contributed by atoms with Crippen LogP contribution in [0.25, 0.3) is 0 Å². The van der Waals surface area contributed by atoms with Crippen molar-refractivity contribution in [1.82, 2.24) is 0 Å². The predicted octanol–water partition coefficient (Wildman–Crippen LogP) is 5.36. The SMILES string of the molecule is CCCCCCC(C)CNc1ccc(Cl)cc1. The van der Waals surface area contributed by atoms with E-state index < -0.39 is 0 Å². The van der Waals surface area contributed by atoms with E-state index in [-0.39, 0.29) is 0 Å². The molecule has 0 heterocycles. The lowest BCUT2D eigenvalue weighted by atomic mass is 10.0. The summed E-state index contributed by atoms with van der Waals surface area (Å²) in [5, 5.41) is 4.25. The maximum absolute atomic E-state index is 5.84. The smallest absolute Gasteiger partial charge is 0.0407 e. The Morgan fingerprint density at radius 3 is 2.47 bits per heavy atom. The van der Waals surface area contributed by atoms with E-state index in [1.807, 2.05) is 24.3 Å². The molecule has 0 spiro atoms. The summed E-state index contributed by atoms with van der Waals surface area (Å²) in [6, 6.07) is 7.92. The molecule has 0 aliphatic heterocycles. The van der Waals surface area contributed by atoms with E-state index in [9.17, 15) is 0 Å². The summed E-state index contributed by atoms with van der Waals surface area (Å²) in [4.78, 5) is 0. The van der Waals surface area contributed by atoms with Crippen LogP contribution in [0.15, 0.2) is 24.3 Å². The number of halogens is 1. The molecule has 0 amide bonds. The molecule has 0 fully saturated rings. The van der Waals surface area contributed by atoms with Gasteiger partial charge in [0.05, 0.1) is 0 Å². The monoisotopic (exact) mass is 253 g/mol. The highest BCUT2D eigenvalue weighted by Gasteiger charge is 2.01. The highest BCUT2D eigenvalue weighted by atomic mass is 35.5. The van der Waals surface area contributed by atoms with Crippen LogP contribution in [-0.2, 0) is 0 Å². The van der Waals surface area contributed by atoms with Gasteiger partial charge in [0.25, 0.3) is 0 Å². The predicted molar refractivity (Wildman–Crippen MR) is 77.9 cm³/mol.